The van der Waals surface area contributed by atoms with Crippen LogP contribution in [0, 0.1) is 0 Å². The average molecular weight is 564 g/mol. The van der Waals surface area contributed by atoms with Gasteiger partial charge in [-0.3, -0.25) is 30.1 Å². The molecule has 10 nitrogen and oxygen atoms in total. The summed E-state index contributed by atoms with van der Waals surface area (Å²) in [6.45, 7) is 11.7. The van der Waals surface area contributed by atoms with E-state index >= 15 is 0 Å². The number of thiophene rings is 1. The van der Waals surface area contributed by atoms with Crippen molar-refractivity contribution in [3.8, 4) is 0 Å². The molecule has 0 radical (unpaired) electrons. The molecule has 0 unspecified atom stereocenters. The van der Waals surface area contributed by atoms with Crippen LogP contribution in [0.2, 0.25) is 0 Å². The van der Waals surface area contributed by atoms with Gasteiger partial charge >= 0.3 is 0 Å². The maximum atomic E-state index is 13.2. The molecule has 1 aliphatic rings. The number of anilines is 1. The molecule has 38 heavy (non-hydrogen) atoms. The lowest BCUT2D eigenvalue weighted by molar-refractivity contribution is -0.119. The van der Waals surface area contributed by atoms with Gasteiger partial charge in [-0.15, -0.1) is 11.3 Å². The number of fused-ring (bicyclic) bond motifs is 1. The van der Waals surface area contributed by atoms with E-state index in [1.807, 2.05) is 13.8 Å². The van der Waals surface area contributed by atoms with Gasteiger partial charge in [0.25, 0.3) is 11.8 Å². The van der Waals surface area contributed by atoms with E-state index in [0.29, 0.717) is 55.5 Å². The summed E-state index contributed by atoms with van der Waals surface area (Å²) >= 11 is 1.34. The smallest absolute Gasteiger partial charge is 0.272 e. The summed E-state index contributed by atoms with van der Waals surface area (Å²) in [4.78, 5) is 40.9. The standard InChI is InChI=1S/C26H37N5O5S2/c1-6-13-31(14-7-2)38(35,36)20-10-8-19(9-11-20)24(33)27-26-23(25(34)29-28-18(5)32)21-12-15-30(17(3)4)16-22(21)37-26/h8-11,17H,6-7,12-16H2,1-5H3,(H,27,33)(H,28,32)(H,29,34). The van der Waals surface area contributed by atoms with Gasteiger partial charge in [0.1, 0.15) is 5.00 Å². The van der Waals surface area contributed by atoms with Gasteiger partial charge in [-0.05, 0) is 62.9 Å². The number of carbonyl (C=O) groups is 3. The van der Waals surface area contributed by atoms with Gasteiger partial charge < -0.3 is 5.32 Å². The van der Waals surface area contributed by atoms with Crippen molar-refractivity contribution in [3.05, 3.63) is 45.8 Å². The Labute approximate surface area is 228 Å². The van der Waals surface area contributed by atoms with E-state index in [2.05, 4.69) is 34.9 Å². The summed E-state index contributed by atoms with van der Waals surface area (Å²) < 4.78 is 27.6. The zero-order valence-corrected chi connectivity index (χ0v) is 24.2. The zero-order chi connectivity index (χ0) is 28.0. The number of amides is 3. The van der Waals surface area contributed by atoms with Crippen molar-refractivity contribution < 1.29 is 22.8 Å². The number of hydrogen-bond donors (Lipinski definition) is 3. The highest BCUT2D eigenvalue weighted by molar-refractivity contribution is 7.89. The van der Waals surface area contributed by atoms with E-state index in [0.717, 1.165) is 17.0 Å². The Morgan fingerprint density at radius 3 is 2.21 bits per heavy atom. The Morgan fingerprint density at radius 1 is 1.03 bits per heavy atom. The fraction of sp³-hybridized carbons (Fsp3) is 0.500. The lowest BCUT2D eigenvalue weighted by Crippen LogP contribution is -2.41. The molecule has 0 fully saturated rings. The second-order valence-electron chi connectivity index (χ2n) is 9.54. The number of nitrogens with one attached hydrogen (secondary N) is 3. The first-order chi connectivity index (χ1) is 18.0. The molecule has 0 bridgehead atoms. The molecular weight excluding hydrogens is 526 g/mol. The van der Waals surface area contributed by atoms with Crippen LogP contribution in [-0.2, 0) is 27.8 Å². The molecule has 0 spiro atoms. The Balaban J connectivity index is 1.87. The Morgan fingerprint density at radius 2 is 1.66 bits per heavy atom. The number of nitrogens with zero attached hydrogens (tertiary/aromatic N) is 2. The van der Waals surface area contributed by atoms with Crippen molar-refractivity contribution >= 4 is 44.1 Å². The van der Waals surface area contributed by atoms with Gasteiger partial charge in [0.15, 0.2) is 0 Å². The van der Waals surface area contributed by atoms with Gasteiger partial charge in [-0.2, -0.15) is 4.31 Å². The molecule has 1 aromatic carbocycles. The fourth-order valence-electron chi connectivity index (χ4n) is 4.35. The predicted molar refractivity (Wildman–Crippen MR) is 149 cm³/mol. The first kappa shape index (κ1) is 29.8. The molecule has 3 N–H and O–H groups in total. The second kappa shape index (κ2) is 12.8. The van der Waals surface area contributed by atoms with Crippen molar-refractivity contribution in [3.63, 3.8) is 0 Å². The lowest BCUT2D eigenvalue weighted by Gasteiger charge is -2.30. The maximum absolute atomic E-state index is 13.2. The van der Waals surface area contributed by atoms with E-state index < -0.39 is 27.7 Å². The average Bonchev–Trinajstić information content (AvgIpc) is 3.24. The number of sulfonamides is 1. The monoisotopic (exact) mass is 563 g/mol. The molecule has 3 rings (SSSR count). The van der Waals surface area contributed by atoms with Crippen LogP contribution in [0.1, 0.15) is 78.6 Å². The van der Waals surface area contributed by atoms with Crippen molar-refractivity contribution in [1.29, 1.82) is 0 Å². The van der Waals surface area contributed by atoms with E-state index in [-0.39, 0.29) is 10.5 Å². The van der Waals surface area contributed by atoms with Gasteiger partial charge in [0.05, 0.1) is 10.5 Å². The summed E-state index contributed by atoms with van der Waals surface area (Å²) in [6.07, 6.45) is 2.05. The third kappa shape index (κ3) is 6.79. The molecule has 1 aromatic heterocycles. The topological polar surface area (TPSA) is 128 Å². The van der Waals surface area contributed by atoms with Crippen molar-refractivity contribution in [1.82, 2.24) is 20.1 Å². The van der Waals surface area contributed by atoms with Crippen molar-refractivity contribution in [2.45, 2.75) is 71.4 Å². The number of hydrogen-bond acceptors (Lipinski definition) is 7. The molecule has 0 saturated carbocycles. The van der Waals surface area contributed by atoms with E-state index in [1.54, 1.807) is 0 Å². The molecule has 1 aliphatic heterocycles. The second-order valence-corrected chi connectivity index (χ2v) is 12.6. The molecule has 0 saturated heterocycles. The molecule has 208 valence electrons. The van der Waals surface area contributed by atoms with Crippen LogP contribution in [0.25, 0.3) is 0 Å². The molecule has 12 heteroatoms. The Kier molecular flexibility index (Phi) is 10.0. The van der Waals surface area contributed by atoms with E-state index in [4.69, 9.17) is 0 Å². The maximum Gasteiger partial charge on any atom is 0.272 e. The molecule has 2 heterocycles. The molecule has 2 aromatic rings. The molecule has 0 aliphatic carbocycles. The highest BCUT2D eigenvalue weighted by Crippen LogP contribution is 2.38. The summed E-state index contributed by atoms with van der Waals surface area (Å²) in [7, 11) is -3.66. The van der Waals surface area contributed by atoms with Crippen LogP contribution in [0.3, 0.4) is 0 Å². The highest BCUT2D eigenvalue weighted by atomic mass is 32.2. The lowest BCUT2D eigenvalue weighted by atomic mass is 10.0. The van der Waals surface area contributed by atoms with Crippen LogP contribution in [0.15, 0.2) is 29.2 Å². The van der Waals surface area contributed by atoms with Crippen molar-refractivity contribution in [2.24, 2.45) is 0 Å². The fourth-order valence-corrected chi connectivity index (χ4v) is 7.24. The summed E-state index contributed by atoms with van der Waals surface area (Å²) in [5.74, 6) is -1.37. The third-order valence-electron chi connectivity index (χ3n) is 6.32. The zero-order valence-electron chi connectivity index (χ0n) is 22.6. The van der Waals surface area contributed by atoms with Gasteiger partial charge in [0.2, 0.25) is 15.9 Å². The minimum atomic E-state index is -3.66. The van der Waals surface area contributed by atoms with Gasteiger partial charge in [0, 0.05) is 49.6 Å². The minimum Gasteiger partial charge on any atom is -0.313 e. The molecule has 3 amide bonds. The van der Waals surface area contributed by atoms with Crippen LogP contribution in [0.4, 0.5) is 5.00 Å². The number of rotatable bonds is 10. The van der Waals surface area contributed by atoms with E-state index in [1.165, 1.54) is 46.8 Å². The van der Waals surface area contributed by atoms with E-state index in [9.17, 15) is 22.8 Å². The summed E-state index contributed by atoms with van der Waals surface area (Å²) in [5, 5.41) is 3.24. The molecular formula is C26H37N5O5S2. The third-order valence-corrected chi connectivity index (χ3v) is 9.37. The van der Waals surface area contributed by atoms with Crippen LogP contribution < -0.4 is 16.2 Å². The largest absolute Gasteiger partial charge is 0.313 e. The quantitative estimate of drug-likeness (QED) is 0.381. The SMILES string of the molecule is CCCN(CCC)S(=O)(=O)c1ccc(C(=O)Nc2sc3c(c2C(=O)NNC(C)=O)CCN(C(C)C)C3)cc1. The predicted octanol–water partition coefficient (Wildman–Crippen LogP) is 3.36. The summed E-state index contributed by atoms with van der Waals surface area (Å²) in [5.41, 5.74) is 6.18. The normalized spacial score (nSPS) is 13.9. The van der Waals surface area contributed by atoms with Crippen LogP contribution >= 0.6 is 11.3 Å². The van der Waals surface area contributed by atoms with Crippen LogP contribution in [-0.4, -0.2) is 61.0 Å². The minimum absolute atomic E-state index is 0.131. The van der Waals surface area contributed by atoms with Gasteiger partial charge in [-0.25, -0.2) is 8.42 Å². The Bertz CT molecular complexity index is 1270. The highest BCUT2D eigenvalue weighted by Gasteiger charge is 2.30. The first-order valence-electron chi connectivity index (χ1n) is 12.9. The number of benzene rings is 1. The molecule has 0 atom stereocenters. The Hall–Kier alpha value is -2.80. The number of hydrazine groups is 1. The first-order valence-corrected chi connectivity index (χ1v) is 15.1. The van der Waals surface area contributed by atoms with Crippen molar-refractivity contribution in [2.75, 3.05) is 25.0 Å². The number of carbonyl (C=O) groups excluding carboxylic acids is 3. The van der Waals surface area contributed by atoms with Gasteiger partial charge in [-0.1, -0.05) is 13.8 Å². The van der Waals surface area contributed by atoms with Crippen LogP contribution in [0.5, 0.6) is 0 Å². The summed E-state index contributed by atoms with van der Waals surface area (Å²) in [6, 6.07) is 6.16.